The Kier molecular flexibility index (Phi) is 7.66. The van der Waals surface area contributed by atoms with Crippen molar-refractivity contribution in [1.82, 2.24) is 9.80 Å². The average Bonchev–Trinajstić information content (AvgIpc) is 2.53. The summed E-state index contributed by atoms with van der Waals surface area (Å²) in [6.07, 6.45) is 10.1. The summed E-state index contributed by atoms with van der Waals surface area (Å²) < 4.78 is 5.47. The lowest BCUT2D eigenvalue weighted by molar-refractivity contribution is 0.0532. The molecule has 0 N–H and O–H groups in total. The van der Waals surface area contributed by atoms with Crippen molar-refractivity contribution < 1.29 is 4.74 Å². The monoisotopic (exact) mass is 310 g/mol. The quantitative estimate of drug-likeness (QED) is 0.666. The summed E-state index contributed by atoms with van der Waals surface area (Å²) in [6.45, 7) is 12.1. The first kappa shape index (κ1) is 18.2. The number of nitrogens with zero attached hydrogens (tertiary/aromatic N) is 2. The minimum atomic E-state index is 0.550. The number of hydrogen-bond donors (Lipinski definition) is 0. The van der Waals surface area contributed by atoms with E-state index in [1.165, 1.54) is 71.1 Å². The highest BCUT2D eigenvalue weighted by molar-refractivity contribution is 4.81. The number of hydrogen-bond acceptors (Lipinski definition) is 3. The summed E-state index contributed by atoms with van der Waals surface area (Å²) >= 11 is 0. The first-order valence-corrected chi connectivity index (χ1v) is 9.61. The van der Waals surface area contributed by atoms with Gasteiger partial charge in [0.2, 0.25) is 0 Å². The summed E-state index contributed by atoms with van der Waals surface area (Å²) in [5, 5.41) is 0. The second-order valence-corrected chi connectivity index (χ2v) is 7.85. The normalized spacial score (nSPS) is 31.8. The molecule has 3 nitrogen and oxygen atoms in total. The van der Waals surface area contributed by atoms with Crippen LogP contribution in [0.2, 0.25) is 0 Å². The molecule has 0 spiro atoms. The third-order valence-corrected chi connectivity index (χ3v) is 5.96. The molecule has 130 valence electrons. The van der Waals surface area contributed by atoms with Crippen LogP contribution in [0.15, 0.2) is 0 Å². The summed E-state index contributed by atoms with van der Waals surface area (Å²) in [4.78, 5) is 5.33. The Balaban J connectivity index is 1.56. The lowest BCUT2D eigenvalue weighted by Crippen LogP contribution is -2.53. The van der Waals surface area contributed by atoms with E-state index in [-0.39, 0.29) is 0 Å². The van der Waals surface area contributed by atoms with Crippen molar-refractivity contribution in [2.24, 2.45) is 5.92 Å². The van der Waals surface area contributed by atoms with Crippen LogP contribution in [0.4, 0.5) is 0 Å². The number of methoxy groups -OCH3 is 1. The smallest absolute Gasteiger partial charge is 0.0571 e. The Hall–Kier alpha value is -0.120. The summed E-state index contributed by atoms with van der Waals surface area (Å²) in [5.74, 6) is 0.974. The molecule has 1 aliphatic heterocycles. The van der Waals surface area contributed by atoms with E-state index in [1.807, 2.05) is 7.11 Å². The standard InChI is InChI=1S/C19H38N2O/c1-16(2)21-14-13-20(17(3)15-21)12-6-5-7-18-8-10-19(22-4)11-9-18/h16-19H,5-15H2,1-4H3/t17-,18?,19?/m1/s1. The maximum absolute atomic E-state index is 5.47. The van der Waals surface area contributed by atoms with E-state index in [0.29, 0.717) is 12.1 Å². The number of unbranched alkanes of at least 4 members (excludes halogenated alkanes) is 1. The van der Waals surface area contributed by atoms with Gasteiger partial charge in [-0.05, 0) is 65.3 Å². The van der Waals surface area contributed by atoms with Gasteiger partial charge in [0, 0.05) is 38.8 Å². The molecular weight excluding hydrogens is 272 g/mol. The van der Waals surface area contributed by atoms with Crippen LogP contribution in [0.3, 0.4) is 0 Å². The van der Waals surface area contributed by atoms with Crippen molar-refractivity contribution in [1.29, 1.82) is 0 Å². The molecule has 0 radical (unpaired) electrons. The topological polar surface area (TPSA) is 15.7 Å². The Morgan fingerprint density at radius 3 is 2.36 bits per heavy atom. The highest BCUT2D eigenvalue weighted by Crippen LogP contribution is 2.29. The predicted octanol–water partition coefficient (Wildman–Crippen LogP) is 3.78. The van der Waals surface area contributed by atoms with Crippen molar-refractivity contribution >= 4 is 0 Å². The first-order chi connectivity index (χ1) is 10.6. The number of piperazine rings is 1. The molecule has 0 aromatic rings. The van der Waals surface area contributed by atoms with Crippen LogP contribution in [0.5, 0.6) is 0 Å². The molecule has 2 fully saturated rings. The van der Waals surface area contributed by atoms with Gasteiger partial charge in [-0.2, -0.15) is 0 Å². The molecule has 2 aliphatic rings. The second kappa shape index (κ2) is 9.24. The molecule has 0 aromatic heterocycles. The van der Waals surface area contributed by atoms with Gasteiger partial charge in [-0.3, -0.25) is 9.80 Å². The highest BCUT2D eigenvalue weighted by Gasteiger charge is 2.25. The maximum Gasteiger partial charge on any atom is 0.0571 e. The molecule has 1 heterocycles. The Bertz CT molecular complexity index is 300. The molecule has 1 saturated heterocycles. The van der Waals surface area contributed by atoms with E-state index in [4.69, 9.17) is 4.74 Å². The molecule has 2 rings (SSSR count). The van der Waals surface area contributed by atoms with E-state index in [1.54, 1.807) is 0 Å². The Morgan fingerprint density at radius 2 is 1.77 bits per heavy atom. The average molecular weight is 311 g/mol. The van der Waals surface area contributed by atoms with Crippen molar-refractivity contribution in [3.05, 3.63) is 0 Å². The van der Waals surface area contributed by atoms with Crippen LogP contribution in [-0.4, -0.2) is 61.3 Å². The lowest BCUT2D eigenvalue weighted by atomic mass is 9.84. The van der Waals surface area contributed by atoms with E-state index >= 15 is 0 Å². The Morgan fingerprint density at radius 1 is 1.05 bits per heavy atom. The van der Waals surface area contributed by atoms with Crippen LogP contribution >= 0.6 is 0 Å². The third kappa shape index (κ3) is 5.50. The van der Waals surface area contributed by atoms with E-state index in [2.05, 4.69) is 30.6 Å². The zero-order chi connectivity index (χ0) is 15.9. The summed E-state index contributed by atoms with van der Waals surface area (Å²) in [5.41, 5.74) is 0. The molecule has 3 heteroatoms. The molecule has 0 amide bonds. The molecular formula is C19H38N2O. The van der Waals surface area contributed by atoms with Gasteiger partial charge in [0.15, 0.2) is 0 Å². The van der Waals surface area contributed by atoms with E-state index in [9.17, 15) is 0 Å². The zero-order valence-corrected chi connectivity index (χ0v) is 15.4. The predicted molar refractivity (Wildman–Crippen MR) is 94.4 cm³/mol. The lowest BCUT2D eigenvalue weighted by Gasteiger charge is -2.41. The van der Waals surface area contributed by atoms with Crippen molar-refractivity contribution in [2.75, 3.05) is 33.3 Å². The van der Waals surface area contributed by atoms with Gasteiger partial charge in [0.25, 0.3) is 0 Å². The molecule has 0 aromatic carbocycles. The zero-order valence-electron chi connectivity index (χ0n) is 15.4. The molecule has 1 saturated carbocycles. The fourth-order valence-electron chi connectivity index (χ4n) is 4.23. The molecule has 1 atom stereocenters. The van der Waals surface area contributed by atoms with Gasteiger partial charge in [0.1, 0.15) is 0 Å². The minimum absolute atomic E-state index is 0.550. The minimum Gasteiger partial charge on any atom is -0.381 e. The molecule has 0 unspecified atom stereocenters. The van der Waals surface area contributed by atoms with E-state index in [0.717, 1.165) is 12.0 Å². The van der Waals surface area contributed by atoms with Crippen LogP contribution in [-0.2, 0) is 4.74 Å². The van der Waals surface area contributed by atoms with Crippen LogP contribution in [0.25, 0.3) is 0 Å². The summed E-state index contributed by atoms with van der Waals surface area (Å²) in [7, 11) is 1.87. The van der Waals surface area contributed by atoms with Gasteiger partial charge >= 0.3 is 0 Å². The van der Waals surface area contributed by atoms with Crippen molar-refractivity contribution in [3.63, 3.8) is 0 Å². The fourth-order valence-corrected chi connectivity index (χ4v) is 4.23. The van der Waals surface area contributed by atoms with Crippen LogP contribution in [0.1, 0.15) is 65.7 Å². The highest BCUT2D eigenvalue weighted by atomic mass is 16.5. The fraction of sp³-hybridized carbons (Fsp3) is 1.00. The van der Waals surface area contributed by atoms with Gasteiger partial charge in [0.05, 0.1) is 6.10 Å². The second-order valence-electron chi connectivity index (χ2n) is 7.85. The van der Waals surface area contributed by atoms with Crippen LogP contribution < -0.4 is 0 Å². The molecule has 1 aliphatic carbocycles. The van der Waals surface area contributed by atoms with Gasteiger partial charge in [-0.1, -0.05) is 12.8 Å². The van der Waals surface area contributed by atoms with E-state index < -0.39 is 0 Å². The van der Waals surface area contributed by atoms with Crippen molar-refractivity contribution in [2.45, 2.75) is 83.9 Å². The first-order valence-electron chi connectivity index (χ1n) is 9.61. The number of rotatable bonds is 7. The SMILES string of the molecule is COC1CCC(CCCCN2CCN(C(C)C)C[C@H]2C)CC1. The van der Waals surface area contributed by atoms with Gasteiger partial charge in [-0.15, -0.1) is 0 Å². The summed E-state index contributed by atoms with van der Waals surface area (Å²) in [6, 6.07) is 1.43. The Labute approximate surface area is 138 Å². The van der Waals surface area contributed by atoms with Crippen LogP contribution in [0, 0.1) is 5.92 Å². The third-order valence-electron chi connectivity index (χ3n) is 5.96. The van der Waals surface area contributed by atoms with Crippen molar-refractivity contribution in [3.8, 4) is 0 Å². The van der Waals surface area contributed by atoms with Gasteiger partial charge < -0.3 is 4.74 Å². The number of ether oxygens (including phenoxy) is 1. The molecule has 22 heavy (non-hydrogen) atoms. The van der Waals surface area contributed by atoms with Gasteiger partial charge in [-0.25, -0.2) is 0 Å². The largest absolute Gasteiger partial charge is 0.381 e. The maximum atomic E-state index is 5.47. The molecule has 0 bridgehead atoms.